The van der Waals surface area contributed by atoms with Gasteiger partial charge in [0, 0.05) is 30.6 Å². The molecule has 5 nitrogen and oxygen atoms in total. The molecule has 35 heavy (non-hydrogen) atoms. The van der Waals surface area contributed by atoms with Gasteiger partial charge in [-0.2, -0.15) is 0 Å². The highest BCUT2D eigenvalue weighted by Gasteiger charge is 2.16. The first-order chi connectivity index (χ1) is 16.8. The molecule has 0 bridgehead atoms. The lowest BCUT2D eigenvalue weighted by molar-refractivity contribution is 0.475. The summed E-state index contributed by atoms with van der Waals surface area (Å²) in [5.41, 5.74) is 3.55. The van der Waals surface area contributed by atoms with E-state index >= 15 is 0 Å². The standard InChI is InChI=1S/C28H20ClFN2O3/c1-31-10-11-32(28(31)35)26-9-8-20(14-25(26)29)24-16-21(30)15-23(27(24)34)19-6-2-4-17(12-19)18-5-3-7-22(33)13-18/h2-16,33-34H,1H3. The van der Waals surface area contributed by atoms with Crippen molar-refractivity contribution in [2.24, 2.45) is 7.05 Å². The Kier molecular flexibility index (Phi) is 5.67. The van der Waals surface area contributed by atoms with Crippen LogP contribution < -0.4 is 5.69 Å². The van der Waals surface area contributed by atoms with Crippen LogP contribution in [-0.2, 0) is 7.05 Å². The molecule has 2 N–H and O–H groups in total. The molecule has 7 heteroatoms. The second-order valence-electron chi connectivity index (χ2n) is 8.21. The monoisotopic (exact) mass is 486 g/mol. The summed E-state index contributed by atoms with van der Waals surface area (Å²) in [5.74, 6) is -0.475. The van der Waals surface area contributed by atoms with Crippen molar-refractivity contribution in [1.29, 1.82) is 0 Å². The molecule has 0 atom stereocenters. The number of aromatic nitrogens is 2. The zero-order valence-corrected chi connectivity index (χ0v) is 19.4. The van der Waals surface area contributed by atoms with E-state index in [-0.39, 0.29) is 27.8 Å². The molecule has 5 rings (SSSR count). The molecule has 1 aromatic heterocycles. The number of nitrogens with zero attached hydrogens (tertiary/aromatic N) is 2. The van der Waals surface area contributed by atoms with Crippen LogP contribution in [0.15, 0.2) is 96.1 Å². The number of rotatable bonds is 4. The van der Waals surface area contributed by atoms with Gasteiger partial charge in [-0.15, -0.1) is 0 Å². The Morgan fingerprint density at radius 3 is 2.03 bits per heavy atom. The summed E-state index contributed by atoms with van der Waals surface area (Å²) in [6.07, 6.45) is 3.24. The molecule has 4 aromatic carbocycles. The van der Waals surface area contributed by atoms with Crippen LogP contribution in [0.4, 0.5) is 4.39 Å². The average molecular weight is 487 g/mol. The quantitative estimate of drug-likeness (QED) is 0.309. The number of imidazole rings is 1. The SMILES string of the molecule is Cn1ccn(-c2ccc(-c3cc(F)cc(-c4cccc(-c5cccc(O)c5)c4)c3O)cc2Cl)c1=O. The normalized spacial score (nSPS) is 11.1. The van der Waals surface area contributed by atoms with Crippen molar-refractivity contribution in [3.05, 3.63) is 113 Å². The van der Waals surface area contributed by atoms with Crippen molar-refractivity contribution >= 4 is 11.6 Å². The number of hydrogen-bond donors (Lipinski definition) is 2. The van der Waals surface area contributed by atoms with Crippen LogP contribution in [0.25, 0.3) is 39.1 Å². The van der Waals surface area contributed by atoms with Crippen LogP contribution in [0.5, 0.6) is 11.5 Å². The minimum atomic E-state index is -0.518. The van der Waals surface area contributed by atoms with Crippen molar-refractivity contribution in [2.45, 2.75) is 0 Å². The van der Waals surface area contributed by atoms with E-state index in [1.807, 2.05) is 24.3 Å². The zero-order chi connectivity index (χ0) is 24.7. The first kappa shape index (κ1) is 22.5. The fourth-order valence-corrected chi connectivity index (χ4v) is 4.38. The van der Waals surface area contributed by atoms with E-state index in [4.69, 9.17) is 11.6 Å². The van der Waals surface area contributed by atoms with Gasteiger partial charge in [0.1, 0.15) is 17.3 Å². The van der Waals surface area contributed by atoms with E-state index in [0.29, 0.717) is 22.4 Å². The van der Waals surface area contributed by atoms with Crippen molar-refractivity contribution in [2.75, 3.05) is 0 Å². The summed E-state index contributed by atoms with van der Waals surface area (Å²) in [4.78, 5) is 12.3. The lowest BCUT2D eigenvalue weighted by Gasteiger charge is -2.14. The Bertz CT molecular complexity index is 1640. The van der Waals surface area contributed by atoms with Crippen molar-refractivity contribution in [3.8, 4) is 50.6 Å². The molecule has 1 heterocycles. The molecule has 0 unspecified atom stereocenters. The number of aromatic hydroxyl groups is 2. The summed E-state index contributed by atoms with van der Waals surface area (Å²) in [6, 6.07) is 21.6. The van der Waals surface area contributed by atoms with Gasteiger partial charge in [0.25, 0.3) is 0 Å². The predicted molar refractivity (Wildman–Crippen MR) is 136 cm³/mol. The van der Waals surface area contributed by atoms with Gasteiger partial charge >= 0.3 is 5.69 Å². The van der Waals surface area contributed by atoms with Gasteiger partial charge in [0.15, 0.2) is 0 Å². The molecule has 0 saturated carbocycles. The highest BCUT2D eigenvalue weighted by molar-refractivity contribution is 6.32. The fourth-order valence-electron chi connectivity index (χ4n) is 4.11. The summed E-state index contributed by atoms with van der Waals surface area (Å²) >= 11 is 6.48. The van der Waals surface area contributed by atoms with Crippen LogP contribution in [0, 0.1) is 5.82 Å². The van der Waals surface area contributed by atoms with E-state index in [1.165, 1.54) is 21.3 Å². The Balaban J connectivity index is 1.59. The second-order valence-corrected chi connectivity index (χ2v) is 8.62. The van der Waals surface area contributed by atoms with Crippen molar-refractivity contribution < 1.29 is 14.6 Å². The number of aryl methyl sites for hydroxylation is 1. The second kappa shape index (κ2) is 8.81. The van der Waals surface area contributed by atoms with Crippen molar-refractivity contribution in [3.63, 3.8) is 0 Å². The lowest BCUT2D eigenvalue weighted by Crippen LogP contribution is -2.20. The third-order valence-electron chi connectivity index (χ3n) is 5.89. The number of phenolic OH excluding ortho intramolecular Hbond substituents is 2. The van der Waals surface area contributed by atoms with E-state index in [0.717, 1.165) is 11.1 Å². The van der Waals surface area contributed by atoms with Crippen LogP contribution in [0.2, 0.25) is 5.02 Å². The first-order valence-corrected chi connectivity index (χ1v) is 11.2. The highest BCUT2D eigenvalue weighted by Crippen LogP contribution is 2.41. The van der Waals surface area contributed by atoms with Gasteiger partial charge in [-0.1, -0.05) is 48.0 Å². The lowest BCUT2D eigenvalue weighted by atomic mass is 9.94. The van der Waals surface area contributed by atoms with Crippen LogP contribution in [0.1, 0.15) is 0 Å². The van der Waals surface area contributed by atoms with Crippen LogP contribution in [-0.4, -0.2) is 19.3 Å². The largest absolute Gasteiger partial charge is 0.508 e. The third kappa shape index (κ3) is 4.20. The molecule has 0 spiro atoms. The molecule has 0 aliphatic rings. The summed E-state index contributed by atoms with van der Waals surface area (Å²) in [5, 5.41) is 21.2. The molecule has 0 fully saturated rings. The van der Waals surface area contributed by atoms with E-state index < -0.39 is 5.82 Å². The number of phenols is 2. The van der Waals surface area contributed by atoms with Gasteiger partial charge < -0.3 is 14.8 Å². The summed E-state index contributed by atoms with van der Waals surface area (Å²) in [7, 11) is 1.64. The van der Waals surface area contributed by atoms with Gasteiger partial charge in [-0.3, -0.25) is 4.57 Å². The van der Waals surface area contributed by atoms with Crippen LogP contribution in [0.3, 0.4) is 0 Å². The Morgan fingerprint density at radius 1 is 0.771 bits per heavy atom. The van der Waals surface area contributed by atoms with Gasteiger partial charge in [0.2, 0.25) is 0 Å². The minimum Gasteiger partial charge on any atom is -0.508 e. The molecule has 0 aliphatic carbocycles. The summed E-state index contributed by atoms with van der Waals surface area (Å²) < 4.78 is 17.6. The van der Waals surface area contributed by atoms with E-state index in [1.54, 1.807) is 61.9 Å². The van der Waals surface area contributed by atoms with Crippen LogP contribution >= 0.6 is 11.6 Å². The predicted octanol–water partition coefficient (Wildman–Crippen LogP) is 6.38. The molecule has 0 saturated heterocycles. The van der Waals surface area contributed by atoms with E-state index in [2.05, 4.69) is 0 Å². The average Bonchev–Trinajstić information content (AvgIpc) is 3.18. The first-order valence-electron chi connectivity index (χ1n) is 10.8. The van der Waals surface area contributed by atoms with Crippen molar-refractivity contribution in [1.82, 2.24) is 9.13 Å². The topological polar surface area (TPSA) is 67.4 Å². The fraction of sp³-hybridized carbons (Fsp3) is 0.0357. The maximum absolute atomic E-state index is 14.7. The molecule has 174 valence electrons. The minimum absolute atomic E-state index is 0.0971. The maximum atomic E-state index is 14.7. The highest BCUT2D eigenvalue weighted by atomic mass is 35.5. The molecular weight excluding hydrogens is 467 g/mol. The molecule has 0 amide bonds. The number of halogens is 2. The Morgan fingerprint density at radius 2 is 1.40 bits per heavy atom. The molecule has 5 aromatic rings. The van der Waals surface area contributed by atoms with Gasteiger partial charge in [-0.25, -0.2) is 9.18 Å². The molecule has 0 radical (unpaired) electrons. The van der Waals surface area contributed by atoms with Gasteiger partial charge in [0.05, 0.1) is 10.7 Å². The number of benzene rings is 4. The molecule has 0 aliphatic heterocycles. The zero-order valence-electron chi connectivity index (χ0n) is 18.6. The van der Waals surface area contributed by atoms with E-state index in [9.17, 15) is 19.4 Å². The molecular formula is C28H20ClFN2O3. The third-order valence-corrected chi connectivity index (χ3v) is 6.20. The Hall–Kier alpha value is -4.29. The van der Waals surface area contributed by atoms with Gasteiger partial charge in [-0.05, 0) is 64.7 Å². The number of hydrogen-bond acceptors (Lipinski definition) is 3. The smallest absolute Gasteiger partial charge is 0.332 e. The summed E-state index contributed by atoms with van der Waals surface area (Å²) in [6.45, 7) is 0. The Labute approximate surface area is 205 Å². The maximum Gasteiger partial charge on any atom is 0.332 e.